The lowest BCUT2D eigenvalue weighted by Gasteiger charge is -2.05. The molecule has 0 amide bonds. The van der Waals surface area contributed by atoms with Crippen molar-refractivity contribution in [3.63, 3.8) is 0 Å². The summed E-state index contributed by atoms with van der Waals surface area (Å²) in [5, 5.41) is 3.94. The normalized spacial score (nSPS) is 21.0. The summed E-state index contributed by atoms with van der Waals surface area (Å²) in [5.74, 6) is -1.02. The van der Waals surface area contributed by atoms with E-state index in [1.165, 1.54) is 0 Å². The average molecular weight is 174 g/mol. The Morgan fingerprint density at radius 1 is 0.833 bits per heavy atom. The van der Waals surface area contributed by atoms with Crippen LogP contribution in [-0.4, -0.2) is 11.9 Å². The second kappa shape index (κ2) is 4.71. The summed E-state index contributed by atoms with van der Waals surface area (Å²) in [6, 6.07) is 0. The first-order valence-corrected chi connectivity index (χ1v) is 3.86. The number of carbonyl (C=O) groups excluding carboxylic acids is 2. The summed E-state index contributed by atoms with van der Waals surface area (Å²) in [6.45, 7) is 0. The first-order chi connectivity index (χ1) is 5.79. The van der Waals surface area contributed by atoms with Crippen molar-refractivity contribution in [3.8, 4) is 0 Å². The lowest BCUT2D eigenvalue weighted by molar-refractivity contribution is -0.459. The molecule has 0 aromatic rings. The summed E-state index contributed by atoms with van der Waals surface area (Å²) >= 11 is 0. The van der Waals surface area contributed by atoms with Gasteiger partial charge in [-0.05, 0) is 12.8 Å². The Labute approximate surface area is 69.4 Å². The molecule has 1 fully saturated rings. The monoisotopic (exact) mass is 174 g/mol. The van der Waals surface area contributed by atoms with Gasteiger partial charge in [0.05, 0.1) is 0 Å². The number of rotatable bonds is 0. The Hall–Kier alpha value is -1.10. The van der Waals surface area contributed by atoms with Crippen LogP contribution in [0.1, 0.15) is 32.1 Å². The lowest BCUT2D eigenvalue weighted by Crippen LogP contribution is -2.12. The molecule has 1 saturated heterocycles. The molecule has 1 rings (SSSR count). The summed E-state index contributed by atoms with van der Waals surface area (Å²) in [5.41, 5.74) is 0. The first kappa shape index (κ1) is 8.99. The van der Waals surface area contributed by atoms with Gasteiger partial charge in [-0.1, -0.05) is 6.42 Å². The van der Waals surface area contributed by atoms with Gasteiger partial charge in [0.25, 0.3) is 0 Å². The van der Waals surface area contributed by atoms with Crippen molar-refractivity contribution in [2.24, 2.45) is 0 Å². The third-order valence-corrected chi connectivity index (χ3v) is 1.52. The van der Waals surface area contributed by atoms with E-state index in [9.17, 15) is 9.59 Å². The molecule has 68 valence electrons. The smallest absolute Gasteiger partial charge is 0.260 e. The second-order valence-corrected chi connectivity index (χ2v) is 2.54. The van der Waals surface area contributed by atoms with Gasteiger partial charge in [-0.2, -0.15) is 0 Å². The maximum atomic E-state index is 10.7. The molecule has 0 aliphatic carbocycles. The van der Waals surface area contributed by atoms with Gasteiger partial charge in [0.15, 0.2) is 0 Å². The van der Waals surface area contributed by atoms with Crippen LogP contribution >= 0.6 is 0 Å². The van der Waals surface area contributed by atoms with Gasteiger partial charge < -0.3 is 0 Å². The van der Waals surface area contributed by atoms with Gasteiger partial charge in [-0.25, -0.2) is 9.59 Å². The predicted molar refractivity (Wildman–Crippen MR) is 36.4 cm³/mol. The van der Waals surface area contributed by atoms with E-state index in [0.29, 0.717) is 12.8 Å². The highest BCUT2D eigenvalue weighted by Gasteiger charge is 2.11. The SMILES string of the molecule is O=C1CCCCCC(=O)OOO1. The van der Waals surface area contributed by atoms with E-state index in [1.54, 1.807) is 0 Å². The molecule has 1 aliphatic rings. The van der Waals surface area contributed by atoms with Gasteiger partial charge in [-0.15, -0.1) is 0 Å². The summed E-state index contributed by atoms with van der Waals surface area (Å²) in [7, 11) is 0. The van der Waals surface area contributed by atoms with Crippen LogP contribution in [0, 0.1) is 0 Å². The standard InChI is InChI=1S/C7H10O5/c8-6-4-2-1-3-5-7(9)11-12-10-6/h1-5H2. The molecule has 0 radical (unpaired) electrons. The second-order valence-electron chi connectivity index (χ2n) is 2.54. The molecule has 0 unspecified atom stereocenters. The van der Waals surface area contributed by atoms with Crippen LogP contribution in [0.2, 0.25) is 0 Å². The molecule has 12 heavy (non-hydrogen) atoms. The Morgan fingerprint density at radius 2 is 1.33 bits per heavy atom. The fourth-order valence-corrected chi connectivity index (χ4v) is 0.892. The summed E-state index contributed by atoms with van der Waals surface area (Å²) in [6.07, 6.45) is 2.87. The van der Waals surface area contributed by atoms with Crippen molar-refractivity contribution in [2.45, 2.75) is 32.1 Å². The minimum Gasteiger partial charge on any atom is -0.260 e. The van der Waals surface area contributed by atoms with E-state index in [1.807, 2.05) is 0 Å². The fourth-order valence-electron chi connectivity index (χ4n) is 0.892. The highest BCUT2D eigenvalue weighted by Crippen LogP contribution is 2.07. The minimum atomic E-state index is -0.510. The molecule has 1 aliphatic heterocycles. The van der Waals surface area contributed by atoms with E-state index in [-0.39, 0.29) is 0 Å². The Balaban J connectivity index is 2.31. The zero-order valence-electron chi connectivity index (χ0n) is 6.58. The van der Waals surface area contributed by atoms with Crippen LogP contribution in [0.5, 0.6) is 0 Å². The van der Waals surface area contributed by atoms with Crippen molar-refractivity contribution >= 4 is 11.9 Å². The highest BCUT2D eigenvalue weighted by atomic mass is 17.5. The molecule has 1 heterocycles. The molecule has 5 nitrogen and oxygen atoms in total. The molecule has 0 saturated carbocycles. The van der Waals surface area contributed by atoms with Gasteiger partial charge >= 0.3 is 11.9 Å². The van der Waals surface area contributed by atoms with Crippen molar-refractivity contribution in [1.82, 2.24) is 0 Å². The predicted octanol–water partition coefficient (Wildman–Crippen LogP) is 0.883. The van der Waals surface area contributed by atoms with Crippen LogP contribution in [0.25, 0.3) is 0 Å². The lowest BCUT2D eigenvalue weighted by atomic mass is 10.1. The molecular formula is C7H10O5. The van der Waals surface area contributed by atoms with Gasteiger partial charge in [0.1, 0.15) is 0 Å². The van der Waals surface area contributed by atoms with Crippen LogP contribution < -0.4 is 0 Å². The summed E-state index contributed by atoms with van der Waals surface area (Å²) < 4.78 is 0. The quantitative estimate of drug-likeness (QED) is 0.510. The average Bonchev–Trinajstić information content (AvgIpc) is 2.04. The maximum absolute atomic E-state index is 10.7. The molecular weight excluding hydrogens is 164 g/mol. The van der Waals surface area contributed by atoms with Crippen LogP contribution in [0.4, 0.5) is 0 Å². The summed E-state index contributed by atoms with van der Waals surface area (Å²) in [4.78, 5) is 29.6. The number of carbonyl (C=O) groups is 2. The van der Waals surface area contributed by atoms with E-state index in [4.69, 9.17) is 0 Å². The van der Waals surface area contributed by atoms with Gasteiger partial charge in [-0.3, -0.25) is 9.78 Å². The molecule has 0 N–H and O–H groups in total. The Morgan fingerprint density at radius 3 is 1.83 bits per heavy atom. The van der Waals surface area contributed by atoms with E-state index in [0.717, 1.165) is 19.3 Å². The number of hydrogen-bond donors (Lipinski definition) is 0. The van der Waals surface area contributed by atoms with Crippen molar-refractivity contribution in [1.29, 1.82) is 0 Å². The van der Waals surface area contributed by atoms with Crippen molar-refractivity contribution < 1.29 is 24.4 Å². The minimum absolute atomic E-state index is 0.303. The van der Waals surface area contributed by atoms with E-state index < -0.39 is 11.9 Å². The zero-order chi connectivity index (χ0) is 8.81. The molecule has 0 aromatic heterocycles. The largest absolute Gasteiger partial charge is 0.346 e. The van der Waals surface area contributed by atoms with Crippen LogP contribution in [-0.2, 0) is 24.4 Å². The first-order valence-electron chi connectivity index (χ1n) is 3.86. The molecule has 0 aromatic carbocycles. The van der Waals surface area contributed by atoms with E-state index >= 15 is 0 Å². The molecule has 0 spiro atoms. The topological polar surface area (TPSA) is 61.8 Å². The number of hydrogen-bond acceptors (Lipinski definition) is 5. The third-order valence-electron chi connectivity index (χ3n) is 1.52. The fraction of sp³-hybridized carbons (Fsp3) is 0.714. The Bertz CT molecular complexity index is 159. The van der Waals surface area contributed by atoms with E-state index in [2.05, 4.69) is 14.8 Å². The maximum Gasteiger partial charge on any atom is 0.346 e. The van der Waals surface area contributed by atoms with Crippen molar-refractivity contribution in [3.05, 3.63) is 0 Å². The van der Waals surface area contributed by atoms with Crippen molar-refractivity contribution in [2.75, 3.05) is 0 Å². The molecule has 5 heteroatoms. The van der Waals surface area contributed by atoms with Gasteiger partial charge in [0.2, 0.25) is 0 Å². The third kappa shape index (κ3) is 3.34. The zero-order valence-corrected chi connectivity index (χ0v) is 6.58. The molecule has 0 atom stereocenters. The Kier molecular flexibility index (Phi) is 3.53. The van der Waals surface area contributed by atoms with Crippen LogP contribution in [0.3, 0.4) is 0 Å². The van der Waals surface area contributed by atoms with Gasteiger partial charge in [0, 0.05) is 17.9 Å². The van der Waals surface area contributed by atoms with Crippen LogP contribution in [0.15, 0.2) is 0 Å². The molecule has 0 bridgehead atoms. The highest BCUT2D eigenvalue weighted by molar-refractivity contribution is 5.70.